The van der Waals surface area contributed by atoms with Gasteiger partial charge in [-0.2, -0.15) is 0 Å². The van der Waals surface area contributed by atoms with Crippen LogP contribution < -0.4 is 0 Å². The van der Waals surface area contributed by atoms with Gasteiger partial charge in [-0.05, 0) is 30.9 Å². The summed E-state index contributed by atoms with van der Waals surface area (Å²) in [6.07, 6.45) is 13.6. The summed E-state index contributed by atoms with van der Waals surface area (Å²) in [6, 6.07) is 0. The monoisotopic (exact) mass is 225 g/mol. The number of rotatable bonds is 1. The minimum Gasteiger partial charge on any atom is -0.386 e. The van der Waals surface area contributed by atoms with Gasteiger partial charge in [0.2, 0.25) is 0 Å². The Morgan fingerprint density at radius 1 is 1.35 bits per heavy atom. The van der Waals surface area contributed by atoms with E-state index in [0.717, 1.165) is 0 Å². The van der Waals surface area contributed by atoms with Gasteiger partial charge in [0, 0.05) is 30.6 Å². The fourth-order valence-electron chi connectivity index (χ4n) is 2.59. The Bertz CT molecular complexity index is 445. The Morgan fingerprint density at radius 2 is 2.24 bits per heavy atom. The first-order chi connectivity index (χ1) is 8.25. The molecule has 1 unspecified atom stereocenters. The minimum atomic E-state index is 0.535. The lowest BCUT2D eigenvalue weighted by atomic mass is 9.70. The summed E-state index contributed by atoms with van der Waals surface area (Å²) in [5, 5.41) is 0. The highest BCUT2D eigenvalue weighted by molar-refractivity contribution is 6.47. The zero-order valence-electron chi connectivity index (χ0n) is 10.6. The molecule has 2 nitrogen and oxygen atoms in total. The smallest absolute Gasteiger partial charge is 0.312 e. The molecule has 0 aromatic heterocycles. The summed E-state index contributed by atoms with van der Waals surface area (Å²) in [7, 11) is 4.44. The van der Waals surface area contributed by atoms with E-state index in [1.807, 2.05) is 0 Å². The van der Waals surface area contributed by atoms with Gasteiger partial charge < -0.3 is 9.71 Å². The molecule has 2 aliphatic heterocycles. The van der Waals surface area contributed by atoms with E-state index in [2.05, 4.69) is 61.5 Å². The van der Waals surface area contributed by atoms with E-state index in [0.29, 0.717) is 5.92 Å². The predicted octanol–water partition coefficient (Wildman–Crippen LogP) is 2.46. The molecule has 87 valence electrons. The predicted molar refractivity (Wildman–Crippen MR) is 72.0 cm³/mol. The van der Waals surface area contributed by atoms with Crippen LogP contribution in [0.1, 0.15) is 19.8 Å². The highest BCUT2D eigenvalue weighted by Gasteiger charge is 2.34. The van der Waals surface area contributed by atoms with Crippen molar-refractivity contribution in [3.05, 3.63) is 47.4 Å². The van der Waals surface area contributed by atoms with E-state index < -0.39 is 0 Å². The number of hydrogen-bond donors (Lipinski definition) is 0. The Morgan fingerprint density at radius 3 is 3.12 bits per heavy atom. The van der Waals surface area contributed by atoms with E-state index in [9.17, 15) is 0 Å². The molecule has 0 amide bonds. The summed E-state index contributed by atoms with van der Waals surface area (Å²) in [5.41, 5.74) is 4.20. The average Bonchev–Trinajstić information content (AvgIpc) is 2.47. The topological polar surface area (TPSA) is 6.48 Å². The molecule has 0 saturated heterocycles. The molecule has 3 rings (SSSR count). The maximum absolute atomic E-state index is 2.36. The van der Waals surface area contributed by atoms with Crippen molar-refractivity contribution in [3.63, 3.8) is 0 Å². The van der Waals surface area contributed by atoms with Gasteiger partial charge in [0.25, 0.3) is 0 Å². The molecule has 3 heteroatoms. The molecule has 0 saturated carbocycles. The molecule has 0 spiro atoms. The van der Waals surface area contributed by atoms with Gasteiger partial charge in [0.1, 0.15) is 0 Å². The first-order valence-corrected chi connectivity index (χ1v) is 6.41. The Hall–Kier alpha value is -1.38. The van der Waals surface area contributed by atoms with Crippen LogP contribution >= 0.6 is 0 Å². The van der Waals surface area contributed by atoms with Crippen molar-refractivity contribution >= 4 is 7.41 Å². The first-order valence-electron chi connectivity index (χ1n) is 6.41. The van der Waals surface area contributed by atoms with Crippen LogP contribution in [0.25, 0.3) is 0 Å². The molecular weight excluding hydrogens is 207 g/mol. The second kappa shape index (κ2) is 4.13. The summed E-state index contributed by atoms with van der Waals surface area (Å²) in [4.78, 5) is 4.69. The van der Waals surface area contributed by atoms with Crippen LogP contribution in [0, 0.1) is 5.92 Å². The van der Waals surface area contributed by atoms with Crippen molar-refractivity contribution in [3.8, 4) is 0 Å². The van der Waals surface area contributed by atoms with Gasteiger partial charge >= 0.3 is 7.41 Å². The quantitative estimate of drug-likeness (QED) is 0.632. The van der Waals surface area contributed by atoms with Gasteiger partial charge in [0.05, 0.1) is 0 Å². The normalized spacial score (nSPS) is 27.2. The highest BCUT2D eigenvalue weighted by atomic mass is 15.2. The molecule has 2 heterocycles. The number of allylic oxidation sites excluding steroid dienone is 6. The summed E-state index contributed by atoms with van der Waals surface area (Å²) in [5.74, 6) is 0.535. The van der Waals surface area contributed by atoms with Crippen LogP contribution in [0.5, 0.6) is 0 Å². The van der Waals surface area contributed by atoms with Gasteiger partial charge in [-0.25, -0.2) is 0 Å². The molecule has 0 aromatic carbocycles. The summed E-state index contributed by atoms with van der Waals surface area (Å²) >= 11 is 0. The first kappa shape index (κ1) is 10.8. The van der Waals surface area contributed by atoms with E-state index in [1.54, 1.807) is 0 Å². The molecule has 3 aliphatic rings. The van der Waals surface area contributed by atoms with Crippen molar-refractivity contribution in [2.24, 2.45) is 5.92 Å². The van der Waals surface area contributed by atoms with Crippen LogP contribution in [0.2, 0.25) is 0 Å². The fourth-order valence-corrected chi connectivity index (χ4v) is 2.59. The molecular formula is C14H18BN2. The van der Waals surface area contributed by atoms with Gasteiger partial charge in [0.15, 0.2) is 0 Å². The van der Waals surface area contributed by atoms with Crippen LogP contribution in [-0.2, 0) is 0 Å². The third-order valence-electron chi connectivity index (χ3n) is 3.69. The lowest BCUT2D eigenvalue weighted by Gasteiger charge is -2.46. The summed E-state index contributed by atoms with van der Waals surface area (Å²) in [6.45, 7) is 3.40. The maximum Gasteiger partial charge on any atom is 0.312 e. The van der Waals surface area contributed by atoms with E-state index >= 15 is 0 Å². The standard InChI is InChI=1S/C14H18BN2/c1-11-5-3-6-12(9-8-11)17-13-7-4-10-16(2)14(13)15-17/h3,5-6,8-9,11H,4,7,10H2,1-2H3. The zero-order chi connectivity index (χ0) is 11.8. The number of hydrogen-bond acceptors (Lipinski definition) is 2. The Kier molecular flexibility index (Phi) is 2.62. The summed E-state index contributed by atoms with van der Waals surface area (Å²) < 4.78 is 0. The largest absolute Gasteiger partial charge is 0.386 e. The molecule has 0 fully saturated rings. The third-order valence-corrected chi connectivity index (χ3v) is 3.69. The fraction of sp³-hybridized carbons (Fsp3) is 0.429. The highest BCUT2D eigenvalue weighted by Crippen LogP contribution is 2.35. The van der Waals surface area contributed by atoms with Crippen molar-refractivity contribution in [2.45, 2.75) is 19.8 Å². The molecule has 0 bridgehead atoms. The molecule has 1 atom stereocenters. The van der Waals surface area contributed by atoms with E-state index in [-0.39, 0.29) is 0 Å². The maximum atomic E-state index is 2.36. The van der Waals surface area contributed by atoms with E-state index in [4.69, 9.17) is 0 Å². The average molecular weight is 225 g/mol. The van der Waals surface area contributed by atoms with Gasteiger partial charge in [-0.3, -0.25) is 0 Å². The van der Waals surface area contributed by atoms with Crippen LogP contribution in [0.4, 0.5) is 0 Å². The van der Waals surface area contributed by atoms with E-state index in [1.165, 1.54) is 36.4 Å². The SMILES string of the molecule is CC1C=CC=C(N2[B]C3=C2CCCN3C)C=C1. The zero-order valence-corrected chi connectivity index (χ0v) is 10.6. The van der Waals surface area contributed by atoms with Crippen molar-refractivity contribution < 1.29 is 0 Å². The molecule has 1 aliphatic carbocycles. The lowest BCUT2D eigenvalue weighted by molar-refractivity contribution is 0.351. The molecule has 0 N–H and O–H groups in total. The second-order valence-electron chi connectivity index (χ2n) is 5.05. The van der Waals surface area contributed by atoms with Crippen LogP contribution in [0.3, 0.4) is 0 Å². The molecule has 0 aromatic rings. The lowest BCUT2D eigenvalue weighted by Crippen LogP contribution is -2.47. The Labute approximate surface area is 104 Å². The van der Waals surface area contributed by atoms with Crippen molar-refractivity contribution in [1.29, 1.82) is 0 Å². The number of nitrogens with zero attached hydrogens (tertiary/aromatic N) is 2. The Balaban J connectivity index is 1.82. The molecule has 17 heavy (non-hydrogen) atoms. The van der Waals surface area contributed by atoms with Gasteiger partial charge in [-0.15, -0.1) is 0 Å². The molecule has 1 radical (unpaired) electrons. The van der Waals surface area contributed by atoms with Crippen molar-refractivity contribution in [2.75, 3.05) is 13.6 Å². The van der Waals surface area contributed by atoms with Crippen molar-refractivity contribution in [1.82, 2.24) is 9.71 Å². The minimum absolute atomic E-state index is 0.535. The second-order valence-corrected chi connectivity index (χ2v) is 5.05. The van der Waals surface area contributed by atoms with Crippen LogP contribution in [-0.4, -0.2) is 30.7 Å². The van der Waals surface area contributed by atoms with Gasteiger partial charge in [-0.1, -0.05) is 25.2 Å². The third kappa shape index (κ3) is 1.84. The van der Waals surface area contributed by atoms with Crippen LogP contribution in [0.15, 0.2) is 47.4 Å².